The lowest BCUT2D eigenvalue weighted by Gasteiger charge is -2.35. The number of anilines is 1. The zero-order valence-electron chi connectivity index (χ0n) is 10.7. The lowest BCUT2D eigenvalue weighted by atomic mass is 9.94. The summed E-state index contributed by atoms with van der Waals surface area (Å²) in [6.07, 6.45) is 2.97. The first-order chi connectivity index (χ1) is 8.63. The van der Waals surface area contributed by atoms with Gasteiger partial charge in [0.15, 0.2) is 0 Å². The fourth-order valence-electron chi connectivity index (χ4n) is 2.17. The van der Waals surface area contributed by atoms with Crippen LogP contribution in [0.15, 0.2) is 18.3 Å². The standard InChI is InChI=1S/C13H20N2O3/c1-15(10-13(17)4-6-18-7-5-13)12-3-2-11(9-16)8-14-12/h2-3,8,16-17H,4-7,9-10H2,1H3. The van der Waals surface area contributed by atoms with E-state index in [4.69, 9.17) is 9.84 Å². The second-order valence-corrected chi connectivity index (χ2v) is 4.88. The highest BCUT2D eigenvalue weighted by molar-refractivity contribution is 5.38. The Labute approximate surface area is 107 Å². The molecule has 2 heterocycles. The summed E-state index contributed by atoms with van der Waals surface area (Å²) in [7, 11) is 1.91. The predicted octanol–water partition coefficient (Wildman–Crippen LogP) is 0.552. The molecule has 1 aliphatic rings. The van der Waals surface area contributed by atoms with Crippen LogP contribution in [-0.2, 0) is 11.3 Å². The number of nitrogens with zero attached hydrogens (tertiary/aromatic N) is 2. The van der Waals surface area contributed by atoms with Crippen LogP contribution in [0.5, 0.6) is 0 Å². The number of hydrogen-bond acceptors (Lipinski definition) is 5. The number of pyridine rings is 1. The van der Waals surface area contributed by atoms with Crippen LogP contribution in [0.25, 0.3) is 0 Å². The highest BCUT2D eigenvalue weighted by Crippen LogP contribution is 2.23. The van der Waals surface area contributed by atoms with Crippen molar-refractivity contribution in [2.45, 2.75) is 25.0 Å². The SMILES string of the molecule is CN(CC1(O)CCOCC1)c1ccc(CO)cn1. The Morgan fingerprint density at radius 1 is 1.39 bits per heavy atom. The number of aromatic nitrogens is 1. The van der Waals surface area contributed by atoms with Crippen LogP contribution in [0.3, 0.4) is 0 Å². The largest absolute Gasteiger partial charge is 0.392 e. The quantitative estimate of drug-likeness (QED) is 0.819. The lowest BCUT2D eigenvalue weighted by Crippen LogP contribution is -2.46. The third-order valence-corrected chi connectivity index (χ3v) is 3.34. The fraction of sp³-hybridized carbons (Fsp3) is 0.615. The molecule has 0 unspecified atom stereocenters. The fourth-order valence-corrected chi connectivity index (χ4v) is 2.17. The molecule has 0 aliphatic carbocycles. The van der Waals surface area contributed by atoms with Crippen molar-refractivity contribution in [2.75, 3.05) is 31.7 Å². The van der Waals surface area contributed by atoms with Gasteiger partial charge in [0.2, 0.25) is 0 Å². The number of aliphatic hydroxyl groups is 2. The summed E-state index contributed by atoms with van der Waals surface area (Å²) in [5, 5.41) is 19.4. The Bertz CT molecular complexity index is 374. The van der Waals surface area contributed by atoms with E-state index in [1.54, 1.807) is 6.20 Å². The van der Waals surface area contributed by atoms with Gasteiger partial charge in [0, 0.05) is 45.8 Å². The van der Waals surface area contributed by atoms with Gasteiger partial charge in [-0.15, -0.1) is 0 Å². The van der Waals surface area contributed by atoms with Crippen LogP contribution in [-0.4, -0.2) is 47.6 Å². The van der Waals surface area contributed by atoms with E-state index in [-0.39, 0.29) is 6.61 Å². The zero-order valence-corrected chi connectivity index (χ0v) is 10.7. The van der Waals surface area contributed by atoms with E-state index < -0.39 is 5.60 Å². The second-order valence-electron chi connectivity index (χ2n) is 4.88. The van der Waals surface area contributed by atoms with E-state index in [0.29, 0.717) is 32.6 Å². The molecule has 0 amide bonds. The molecule has 2 N–H and O–H groups in total. The van der Waals surface area contributed by atoms with Crippen LogP contribution in [0.4, 0.5) is 5.82 Å². The number of ether oxygens (including phenoxy) is 1. The molecule has 1 aromatic heterocycles. The molecule has 1 fully saturated rings. The normalized spacial score (nSPS) is 18.6. The van der Waals surface area contributed by atoms with Crippen LogP contribution < -0.4 is 4.90 Å². The summed E-state index contributed by atoms with van der Waals surface area (Å²) in [6, 6.07) is 3.70. The molecule has 0 bridgehead atoms. The van der Waals surface area contributed by atoms with E-state index >= 15 is 0 Å². The zero-order chi connectivity index (χ0) is 13.0. The van der Waals surface area contributed by atoms with Crippen LogP contribution in [0, 0.1) is 0 Å². The van der Waals surface area contributed by atoms with Crippen LogP contribution >= 0.6 is 0 Å². The molecule has 1 aliphatic heterocycles. The maximum absolute atomic E-state index is 10.4. The summed E-state index contributed by atoms with van der Waals surface area (Å²) < 4.78 is 5.26. The Balaban J connectivity index is 1.99. The lowest BCUT2D eigenvalue weighted by molar-refractivity contribution is -0.0573. The van der Waals surface area contributed by atoms with Crippen molar-refractivity contribution in [2.24, 2.45) is 0 Å². The molecule has 0 saturated carbocycles. The summed E-state index contributed by atoms with van der Waals surface area (Å²) >= 11 is 0. The minimum absolute atomic E-state index is 0.00172. The first kappa shape index (κ1) is 13.3. The molecular weight excluding hydrogens is 232 g/mol. The molecular formula is C13H20N2O3. The molecule has 0 aromatic carbocycles. The molecule has 1 saturated heterocycles. The van der Waals surface area contributed by atoms with Crippen molar-refractivity contribution in [1.29, 1.82) is 0 Å². The summed E-state index contributed by atoms with van der Waals surface area (Å²) in [6.45, 7) is 1.77. The average Bonchev–Trinajstić information content (AvgIpc) is 2.39. The third kappa shape index (κ3) is 3.19. The van der Waals surface area contributed by atoms with Crippen molar-refractivity contribution >= 4 is 5.82 Å². The number of rotatable bonds is 4. The number of aliphatic hydroxyl groups excluding tert-OH is 1. The van der Waals surface area contributed by atoms with Gasteiger partial charge in [-0.05, 0) is 11.6 Å². The maximum Gasteiger partial charge on any atom is 0.128 e. The van der Waals surface area contributed by atoms with Crippen molar-refractivity contribution in [3.05, 3.63) is 23.9 Å². The average molecular weight is 252 g/mol. The first-order valence-electron chi connectivity index (χ1n) is 6.20. The second kappa shape index (κ2) is 5.65. The first-order valence-corrected chi connectivity index (χ1v) is 6.20. The monoisotopic (exact) mass is 252 g/mol. The van der Waals surface area contributed by atoms with Crippen molar-refractivity contribution < 1.29 is 14.9 Å². The Hall–Kier alpha value is -1.17. The maximum atomic E-state index is 10.4. The molecule has 1 aromatic rings. The summed E-state index contributed by atoms with van der Waals surface area (Å²) in [5.41, 5.74) is 0.0987. The summed E-state index contributed by atoms with van der Waals surface area (Å²) in [5.74, 6) is 0.798. The van der Waals surface area contributed by atoms with Gasteiger partial charge in [0.05, 0.1) is 12.2 Å². The van der Waals surface area contributed by atoms with Crippen LogP contribution in [0.2, 0.25) is 0 Å². The van der Waals surface area contributed by atoms with Gasteiger partial charge in [-0.3, -0.25) is 0 Å². The van der Waals surface area contributed by atoms with Gasteiger partial charge in [-0.2, -0.15) is 0 Å². The highest BCUT2D eigenvalue weighted by Gasteiger charge is 2.31. The Morgan fingerprint density at radius 2 is 2.11 bits per heavy atom. The molecule has 0 radical (unpaired) electrons. The van der Waals surface area contributed by atoms with E-state index in [2.05, 4.69) is 4.98 Å². The highest BCUT2D eigenvalue weighted by atomic mass is 16.5. The molecule has 5 nitrogen and oxygen atoms in total. The topological polar surface area (TPSA) is 65.8 Å². The van der Waals surface area contributed by atoms with Gasteiger partial charge >= 0.3 is 0 Å². The van der Waals surface area contributed by atoms with Gasteiger partial charge in [-0.25, -0.2) is 4.98 Å². The molecule has 0 spiro atoms. The minimum Gasteiger partial charge on any atom is -0.392 e. The molecule has 18 heavy (non-hydrogen) atoms. The molecule has 100 valence electrons. The Morgan fingerprint density at radius 3 is 2.67 bits per heavy atom. The van der Waals surface area contributed by atoms with Gasteiger partial charge in [0.1, 0.15) is 5.82 Å². The van der Waals surface area contributed by atoms with E-state index in [1.807, 2.05) is 24.1 Å². The summed E-state index contributed by atoms with van der Waals surface area (Å²) in [4.78, 5) is 6.21. The van der Waals surface area contributed by atoms with Crippen molar-refractivity contribution in [3.63, 3.8) is 0 Å². The van der Waals surface area contributed by atoms with Crippen molar-refractivity contribution in [3.8, 4) is 0 Å². The predicted molar refractivity (Wildman–Crippen MR) is 68.4 cm³/mol. The Kier molecular flexibility index (Phi) is 4.16. The van der Waals surface area contributed by atoms with Crippen molar-refractivity contribution in [1.82, 2.24) is 4.98 Å². The smallest absolute Gasteiger partial charge is 0.128 e. The minimum atomic E-state index is -0.690. The third-order valence-electron chi connectivity index (χ3n) is 3.34. The molecule has 5 heteroatoms. The van der Waals surface area contributed by atoms with Gasteiger partial charge in [-0.1, -0.05) is 6.07 Å². The van der Waals surface area contributed by atoms with E-state index in [9.17, 15) is 5.11 Å². The number of likely N-dealkylation sites (N-methyl/N-ethyl adjacent to an activating group) is 1. The van der Waals surface area contributed by atoms with Gasteiger partial charge in [0.25, 0.3) is 0 Å². The van der Waals surface area contributed by atoms with E-state index in [0.717, 1.165) is 11.4 Å². The van der Waals surface area contributed by atoms with Crippen LogP contribution in [0.1, 0.15) is 18.4 Å². The van der Waals surface area contributed by atoms with E-state index in [1.165, 1.54) is 0 Å². The van der Waals surface area contributed by atoms with Gasteiger partial charge < -0.3 is 19.8 Å². The molecule has 0 atom stereocenters. The number of hydrogen-bond donors (Lipinski definition) is 2. The molecule has 2 rings (SSSR count).